The van der Waals surface area contributed by atoms with Crippen LogP contribution in [0.15, 0.2) is 24.3 Å². The average molecular weight is 229 g/mol. The molecule has 0 saturated heterocycles. The monoisotopic (exact) mass is 229 g/mol. The summed E-state index contributed by atoms with van der Waals surface area (Å²) >= 11 is 0. The van der Waals surface area contributed by atoms with Gasteiger partial charge in [0, 0.05) is 12.1 Å². The molecule has 1 heterocycles. The predicted octanol–water partition coefficient (Wildman–Crippen LogP) is 3.52. The Hall–Kier alpha value is -1.77. The van der Waals surface area contributed by atoms with Crippen LogP contribution in [-0.4, -0.2) is 16.7 Å². The Kier molecular flexibility index (Phi) is 3.47. The van der Waals surface area contributed by atoms with Crippen LogP contribution in [0.2, 0.25) is 0 Å². The van der Waals surface area contributed by atoms with Crippen LogP contribution in [0.3, 0.4) is 0 Å². The zero-order valence-corrected chi connectivity index (χ0v) is 10.7. The number of H-pyrrole nitrogens is 1. The Morgan fingerprint density at radius 2 is 1.88 bits per heavy atom. The van der Waals surface area contributed by atoms with Crippen molar-refractivity contribution in [1.82, 2.24) is 10.2 Å². The molecule has 0 amide bonds. The zero-order valence-electron chi connectivity index (χ0n) is 10.7. The first-order valence-corrected chi connectivity index (χ1v) is 6.08. The summed E-state index contributed by atoms with van der Waals surface area (Å²) in [6.07, 6.45) is 1.10. The zero-order chi connectivity index (χ0) is 12.3. The van der Waals surface area contributed by atoms with E-state index in [-0.39, 0.29) is 0 Å². The first kappa shape index (κ1) is 11.7. The van der Waals surface area contributed by atoms with Crippen molar-refractivity contribution >= 4 is 5.82 Å². The minimum absolute atomic E-state index is 0.957. The summed E-state index contributed by atoms with van der Waals surface area (Å²) in [7, 11) is 0. The third kappa shape index (κ3) is 2.49. The van der Waals surface area contributed by atoms with Crippen LogP contribution in [0.5, 0.6) is 0 Å². The lowest BCUT2D eigenvalue weighted by Crippen LogP contribution is -2.00. The van der Waals surface area contributed by atoms with E-state index in [0.717, 1.165) is 24.5 Å². The smallest absolute Gasteiger partial charge is 0.151 e. The van der Waals surface area contributed by atoms with Gasteiger partial charge in [-0.3, -0.25) is 5.10 Å². The maximum Gasteiger partial charge on any atom is 0.151 e. The molecule has 3 nitrogen and oxygen atoms in total. The van der Waals surface area contributed by atoms with Crippen molar-refractivity contribution in [3.05, 3.63) is 35.4 Å². The molecule has 2 rings (SSSR count). The fraction of sp³-hybridized carbons (Fsp3) is 0.357. The summed E-state index contributed by atoms with van der Waals surface area (Å²) in [5.74, 6) is 0.961. The van der Waals surface area contributed by atoms with E-state index < -0.39 is 0 Å². The molecule has 1 aromatic carbocycles. The summed E-state index contributed by atoms with van der Waals surface area (Å²) < 4.78 is 0. The molecular formula is C14H19N3. The van der Waals surface area contributed by atoms with Gasteiger partial charge in [0.05, 0.1) is 5.69 Å². The van der Waals surface area contributed by atoms with E-state index in [1.807, 2.05) is 0 Å². The van der Waals surface area contributed by atoms with E-state index in [4.69, 9.17) is 0 Å². The van der Waals surface area contributed by atoms with Crippen LogP contribution in [0, 0.1) is 13.8 Å². The van der Waals surface area contributed by atoms with Gasteiger partial charge in [-0.1, -0.05) is 36.8 Å². The quantitative estimate of drug-likeness (QED) is 0.842. The molecule has 3 heteroatoms. The Morgan fingerprint density at radius 3 is 2.53 bits per heavy atom. The van der Waals surface area contributed by atoms with Crippen molar-refractivity contribution in [3.8, 4) is 11.3 Å². The van der Waals surface area contributed by atoms with E-state index in [0.29, 0.717) is 0 Å². The SMILES string of the molecule is CCCNc1n[nH]c(-c2ccc(C)cc2)c1C. The van der Waals surface area contributed by atoms with Gasteiger partial charge in [-0.15, -0.1) is 0 Å². The maximum atomic E-state index is 4.32. The van der Waals surface area contributed by atoms with Gasteiger partial charge in [-0.25, -0.2) is 0 Å². The van der Waals surface area contributed by atoms with Crippen LogP contribution >= 0.6 is 0 Å². The molecule has 90 valence electrons. The van der Waals surface area contributed by atoms with E-state index in [1.54, 1.807) is 0 Å². The summed E-state index contributed by atoms with van der Waals surface area (Å²) in [4.78, 5) is 0. The predicted molar refractivity (Wildman–Crippen MR) is 72.3 cm³/mol. The molecule has 0 radical (unpaired) electrons. The largest absolute Gasteiger partial charge is 0.368 e. The Morgan fingerprint density at radius 1 is 1.18 bits per heavy atom. The normalized spacial score (nSPS) is 10.5. The maximum absolute atomic E-state index is 4.32. The van der Waals surface area contributed by atoms with Gasteiger partial charge in [-0.2, -0.15) is 5.10 Å². The number of rotatable bonds is 4. The van der Waals surface area contributed by atoms with Crippen molar-refractivity contribution < 1.29 is 0 Å². The number of aromatic nitrogens is 2. The van der Waals surface area contributed by atoms with Gasteiger partial charge in [0.15, 0.2) is 5.82 Å². The molecule has 0 aliphatic carbocycles. The molecule has 1 aromatic heterocycles. The van der Waals surface area contributed by atoms with Gasteiger partial charge in [0.25, 0.3) is 0 Å². The number of nitrogens with zero attached hydrogens (tertiary/aromatic N) is 1. The van der Waals surface area contributed by atoms with E-state index in [1.165, 1.54) is 16.7 Å². The fourth-order valence-corrected chi connectivity index (χ4v) is 1.81. The molecule has 0 bridgehead atoms. The number of hydrogen-bond acceptors (Lipinski definition) is 2. The molecule has 0 saturated carbocycles. The molecule has 0 unspecified atom stereocenters. The fourth-order valence-electron chi connectivity index (χ4n) is 1.81. The summed E-state index contributed by atoms with van der Waals surface area (Å²) in [5.41, 5.74) is 4.74. The van der Waals surface area contributed by atoms with Crippen molar-refractivity contribution in [1.29, 1.82) is 0 Å². The average Bonchev–Trinajstić information content (AvgIpc) is 2.69. The van der Waals surface area contributed by atoms with Gasteiger partial charge < -0.3 is 5.32 Å². The first-order valence-electron chi connectivity index (χ1n) is 6.08. The molecule has 2 N–H and O–H groups in total. The summed E-state index contributed by atoms with van der Waals surface area (Å²) in [5, 5.41) is 10.7. The van der Waals surface area contributed by atoms with Gasteiger partial charge >= 0.3 is 0 Å². The number of benzene rings is 1. The van der Waals surface area contributed by atoms with E-state index in [2.05, 4.69) is 60.6 Å². The highest BCUT2D eigenvalue weighted by atomic mass is 15.2. The molecule has 2 aromatic rings. The topological polar surface area (TPSA) is 40.7 Å². The van der Waals surface area contributed by atoms with E-state index >= 15 is 0 Å². The standard InChI is InChI=1S/C14H19N3/c1-4-9-15-14-11(3)13(16-17-14)12-7-5-10(2)6-8-12/h5-8H,4,9H2,1-3H3,(H2,15,16,17). The third-order valence-electron chi connectivity index (χ3n) is 2.89. The Balaban J connectivity index is 2.27. The summed E-state index contributed by atoms with van der Waals surface area (Å²) in [6, 6.07) is 8.49. The number of aromatic amines is 1. The molecular weight excluding hydrogens is 210 g/mol. The molecule has 0 aliphatic heterocycles. The number of nitrogens with one attached hydrogen (secondary N) is 2. The molecule has 0 aliphatic rings. The second kappa shape index (κ2) is 5.04. The van der Waals surface area contributed by atoms with Gasteiger partial charge in [0.1, 0.15) is 0 Å². The number of anilines is 1. The van der Waals surface area contributed by atoms with Crippen LogP contribution in [0.1, 0.15) is 24.5 Å². The second-order valence-electron chi connectivity index (χ2n) is 4.37. The Bertz CT molecular complexity index is 483. The minimum Gasteiger partial charge on any atom is -0.368 e. The van der Waals surface area contributed by atoms with Gasteiger partial charge in [-0.05, 0) is 25.8 Å². The lowest BCUT2D eigenvalue weighted by atomic mass is 10.1. The number of aryl methyl sites for hydroxylation is 1. The number of hydrogen-bond donors (Lipinski definition) is 2. The highest BCUT2D eigenvalue weighted by Crippen LogP contribution is 2.25. The Labute approximate surface area is 102 Å². The van der Waals surface area contributed by atoms with Crippen molar-refractivity contribution in [3.63, 3.8) is 0 Å². The van der Waals surface area contributed by atoms with Gasteiger partial charge in [0.2, 0.25) is 0 Å². The lowest BCUT2D eigenvalue weighted by molar-refractivity contribution is 0.959. The van der Waals surface area contributed by atoms with Crippen molar-refractivity contribution in [2.75, 3.05) is 11.9 Å². The minimum atomic E-state index is 0.957. The van der Waals surface area contributed by atoms with Crippen molar-refractivity contribution in [2.24, 2.45) is 0 Å². The summed E-state index contributed by atoms with van der Waals surface area (Å²) in [6.45, 7) is 7.30. The van der Waals surface area contributed by atoms with Crippen LogP contribution in [-0.2, 0) is 0 Å². The molecule has 0 spiro atoms. The van der Waals surface area contributed by atoms with Crippen LogP contribution in [0.4, 0.5) is 5.82 Å². The highest BCUT2D eigenvalue weighted by molar-refractivity contribution is 5.68. The van der Waals surface area contributed by atoms with Crippen LogP contribution < -0.4 is 5.32 Å². The second-order valence-corrected chi connectivity index (χ2v) is 4.37. The highest BCUT2D eigenvalue weighted by Gasteiger charge is 2.09. The van der Waals surface area contributed by atoms with Crippen molar-refractivity contribution in [2.45, 2.75) is 27.2 Å². The third-order valence-corrected chi connectivity index (χ3v) is 2.89. The first-order chi connectivity index (χ1) is 8.22. The molecule has 17 heavy (non-hydrogen) atoms. The van der Waals surface area contributed by atoms with E-state index in [9.17, 15) is 0 Å². The molecule has 0 fully saturated rings. The lowest BCUT2D eigenvalue weighted by Gasteiger charge is -2.03. The van der Waals surface area contributed by atoms with Crippen LogP contribution in [0.25, 0.3) is 11.3 Å². The molecule has 0 atom stereocenters.